The zero-order valence-corrected chi connectivity index (χ0v) is 8.24. The Morgan fingerprint density at radius 2 is 2.07 bits per heavy atom. The number of hydrogen-bond acceptors (Lipinski definition) is 2. The lowest BCUT2D eigenvalue weighted by Crippen LogP contribution is -2.16. The molecular weight excluding hydrogens is 176 g/mol. The maximum Gasteiger partial charge on any atom is 0.258 e. The van der Waals surface area contributed by atoms with Gasteiger partial charge in [0.15, 0.2) is 0 Å². The Balaban J connectivity index is 3.03. The second kappa shape index (κ2) is 2.87. The van der Waals surface area contributed by atoms with Gasteiger partial charge < -0.3 is 10.3 Å². The molecule has 0 saturated heterocycles. The van der Waals surface area contributed by atoms with Crippen LogP contribution in [0.1, 0.15) is 5.56 Å². The molecule has 0 saturated carbocycles. The van der Waals surface area contributed by atoms with E-state index in [1.807, 2.05) is 25.1 Å². The molecule has 0 aliphatic heterocycles. The number of benzene rings is 1. The van der Waals surface area contributed by atoms with E-state index in [4.69, 9.17) is 5.73 Å². The lowest BCUT2D eigenvalue weighted by Gasteiger charge is -2.05. The van der Waals surface area contributed by atoms with Crippen molar-refractivity contribution >= 4 is 16.5 Å². The Kier molecular flexibility index (Phi) is 1.81. The molecule has 0 fully saturated rings. The summed E-state index contributed by atoms with van der Waals surface area (Å²) in [5, 5.41) is 1.66. The summed E-state index contributed by atoms with van der Waals surface area (Å²) in [6.07, 6.45) is 1.75. The van der Waals surface area contributed by atoms with Gasteiger partial charge in [-0.1, -0.05) is 0 Å². The fourth-order valence-electron chi connectivity index (χ4n) is 1.70. The lowest BCUT2D eigenvalue weighted by atomic mass is 10.1. The van der Waals surface area contributed by atoms with Crippen LogP contribution in [0.3, 0.4) is 0 Å². The second-order valence-electron chi connectivity index (χ2n) is 3.53. The van der Waals surface area contributed by atoms with Gasteiger partial charge in [-0.3, -0.25) is 4.79 Å². The highest BCUT2D eigenvalue weighted by atomic mass is 16.1. The number of anilines is 1. The molecule has 0 amide bonds. The number of hydrogen-bond donors (Lipinski definition) is 1. The van der Waals surface area contributed by atoms with Crippen molar-refractivity contribution in [2.45, 2.75) is 6.92 Å². The molecule has 0 radical (unpaired) electrons. The molecule has 1 aromatic heterocycles. The normalized spacial score (nSPS) is 10.7. The fourth-order valence-corrected chi connectivity index (χ4v) is 1.70. The average molecular weight is 188 g/mol. The van der Waals surface area contributed by atoms with Crippen LogP contribution in [0.2, 0.25) is 0 Å². The SMILES string of the molecule is Cc1cc(N)cc2ccn(C)c(=O)c12. The van der Waals surface area contributed by atoms with Crippen molar-refractivity contribution in [1.29, 1.82) is 0 Å². The summed E-state index contributed by atoms with van der Waals surface area (Å²) in [5.41, 5.74) is 7.36. The maximum atomic E-state index is 11.8. The van der Waals surface area contributed by atoms with Crippen LogP contribution in [0, 0.1) is 6.92 Å². The standard InChI is InChI=1S/C11H12N2O/c1-7-5-9(12)6-8-3-4-13(2)11(14)10(7)8/h3-6H,12H2,1-2H3. The molecule has 0 atom stereocenters. The largest absolute Gasteiger partial charge is 0.399 e. The van der Waals surface area contributed by atoms with Gasteiger partial charge in [-0.25, -0.2) is 0 Å². The molecule has 0 aliphatic rings. The van der Waals surface area contributed by atoms with E-state index in [9.17, 15) is 4.79 Å². The monoisotopic (exact) mass is 188 g/mol. The third-order valence-electron chi connectivity index (χ3n) is 2.40. The molecule has 0 spiro atoms. The Morgan fingerprint density at radius 3 is 2.79 bits per heavy atom. The first-order valence-corrected chi connectivity index (χ1v) is 4.45. The first-order valence-electron chi connectivity index (χ1n) is 4.45. The van der Waals surface area contributed by atoms with Crippen molar-refractivity contribution in [1.82, 2.24) is 4.57 Å². The van der Waals surface area contributed by atoms with Crippen molar-refractivity contribution in [2.75, 3.05) is 5.73 Å². The highest BCUT2D eigenvalue weighted by Gasteiger charge is 2.04. The van der Waals surface area contributed by atoms with Crippen LogP contribution >= 0.6 is 0 Å². The highest BCUT2D eigenvalue weighted by Crippen LogP contribution is 2.18. The molecule has 2 aromatic rings. The van der Waals surface area contributed by atoms with E-state index in [0.29, 0.717) is 5.69 Å². The maximum absolute atomic E-state index is 11.8. The summed E-state index contributed by atoms with van der Waals surface area (Å²) in [6.45, 7) is 1.90. The average Bonchev–Trinajstić information content (AvgIpc) is 2.10. The van der Waals surface area contributed by atoms with Crippen LogP contribution in [0.25, 0.3) is 10.8 Å². The van der Waals surface area contributed by atoms with Gasteiger partial charge in [0, 0.05) is 18.9 Å². The van der Waals surface area contributed by atoms with Gasteiger partial charge >= 0.3 is 0 Å². The smallest absolute Gasteiger partial charge is 0.258 e. The zero-order chi connectivity index (χ0) is 10.3. The van der Waals surface area contributed by atoms with E-state index in [1.165, 1.54) is 0 Å². The van der Waals surface area contributed by atoms with E-state index in [1.54, 1.807) is 17.8 Å². The van der Waals surface area contributed by atoms with E-state index in [2.05, 4.69) is 0 Å². The van der Waals surface area contributed by atoms with Crippen molar-refractivity contribution < 1.29 is 0 Å². The van der Waals surface area contributed by atoms with Gasteiger partial charge in [0.1, 0.15) is 0 Å². The molecule has 1 aromatic carbocycles. The summed E-state index contributed by atoms with van der Waals surface area (Å²) in [7, 11) is 1.75. The predicted molar refractivity (Wildman–Crippen MR) is 58.3 cm³/mol. The van der Waals surface area contributed by atoms with Crippen LogP contribution in [0.4, 0.5) is 5.69 Å². The Morgan fingerprint density at radius 1 is 1.36 bits per heavy atom. The summed E-state index contributed by atoms with van der Waals surface area (Å²) < 4.78 is 1.57. The Bertz CT molecular complexity index is 555. The molecule has 72 valence electrons. The molecular formula is C11H12N2O. The molecule has 0 unspecified atom stereocenters. The van der Waals surface area contributed by atoms with Crippen LogP contribution in [0.15, 0.2) is 29.2 Å². The molecule has 0 aliphatic carbocycles. The third kappa shape index (κ3) is 1.18. The molecule has 14 heavy (non-hydrogen) atoms. The summed E-state index contributed by atoms with van der Waals surface area (Å²) in [6, 6.07) is 5.55. The quantitative estimate of drug-likeness (QED) is 0.636. The van der Waals surface area contributed by atoms with Gasteiger partial charge in [-0.15, -0.1) is 0 Å². The number of rotatable bonds is 0. The van der Waals surface area contributed by atoms with Gasteiger partial charge in [-0.05, 0) is 36.1 Å². The molecule has 2 N–H and O–H groups in total. The fraction of sp³-hybridized carbons (Fsp3) is 0.182. The van der Waals surface area contributed by atoms with E-state index in [0.717, 1.165) is 16.3 Å². The van der Waals surface area contributed by atoms with Crippen LogP contribution in [-0.2, 0) is 7.05 Å². The van der Waals surface area contributed by atoms with Crippen LogP contribution in [0.5, 0.6) is 0 Å². The van der Waals surface area contributed by atoms with E-state index >= 15 is 0 Å². The van der Waals surface area contributed by atoms with Crippen molar-refractivity contribution in [2.24, 2.45) is 7.05 Å². The molecule has 1 heterocycles. The number of nitrogen functional groups attached to an aromatic ring is 1. The number of fused-ring (bicyclic) bond motifs is 1. The Labute approximate surface area is 81.8 Å². The number of nitrogens with zero attached hydrogens (tertiary/aromatic N) is 1. The minimum Gasteiger partial charge on any atom is -0.399 e. The Hall–Kier alpha value is -1.77. The molecule has 3 heteroatoms. The lowest BCUT2D eigenvalue weighted by molar-refractivity contribution is 0.872. The van der Waals surface area contributed by atoms with Gasteiger partial charge in [0.25, 0.3) is 5.56 Å². The third-order valence-corrected chi connectivity index (χ3v) is 2.40. The molecule has 2 rings (SSSR count). The number of aromatic nitrogens is 1. The van der Waals surface area contributed by atoms with Gasteiger partial charge in [0.2, 0.25) is 0 Å². The van der Waals surface area contributed by atoms with Crippen LogP contribution < -0.4 is 11.3 Å². The van der Waals surface area contributed by atoms with Crippen LogP contribution in [-0.4, -0.2) is 4.57 Å². The summed E-state index contributed by atoms with van der Waals surface area (Å²) >= 11 is 0. The van der Waals surface area contributed by atoms with E-state index in [-0.39, 0.29) is 5.56 Å². The van der Waals surface area contributed by atoms with Crippen molar-refractivity contribution in [3.63, 3.8) is 0 Å². The highest BCUT2D eigenvalue weighted by molar-refractivity contribution is 5.87. The molecule has 3 nitrogen and oxygen atoms in total. The minimum atomic E-state index is 0.0278. The predicted octanol–water partition coefficient (Wildman–Crippen LogP) is 1.43. The summed E-state index contributed by atoms with van der Waals surface area (Å²) in [4.78, 5) is 11.8. The number of nitrogens with two attached hydrogens (primary N) is 1. The van der Waals surface area contributed by atoms with Gasteiger partial charge in [0.05, 0.1) is 5.39 Å². The van der Waals surface area contributed by atoms with Gasteiger partial charge in [-0.2, -0.15) is 0 Å². The molecule has 0 bridgehead atoms. The zero-order valence-electron chi connectivity index (χ0n) is 8.24. The second-order valence-corrected chi connectivity index (χ2v) is 3.53. The summed E-state index contributed by atoms with van der Waals surface area (Å²) in [5.74, 6) is 0. The van der Waals surface area contributed by atoms with Crippen molar-refractivity contribution in [3.8, 4) is 0 Å². The number of pyridine rings is 1. The topological polar surface area (TPSA) is 48.0 Å². The van der Waals surface area contributed by atoms with E-state index < -0.39 is 0 Å². The first kappa shape index (κ1) is 8.81. The minimum absolute atomic E-state index is 0.0278. The van der Waals surface area contributed by atoms with Crippen molar-refractivity contribution in [3.05, 3.63) is 40.3 Å². The first-order chi connectivity index (χ1) is 6.59. The number of aryl methyl sites for hydroxylation is 2.